The van der Waals surface area contributed by atoms with E-state index in [9.17, 15) is 9.59 Å². The molecule has 29 heavy (non-hydrogen) atoms. The number of hydrogen-bond acceptors (Lipinski definition) is 2. The highest BCUT2D eigenvalue weighted by Gasteiger charge is 2.24. The minimum Gasteiger partial charge on any atom is -0.349 e. The highest BCUT2D eigenvalue weighted by atomic mass is 16.2. The van der Waals surface area contributed by atoms with E-state index in [1.807, 2.05) is 77.7 Å². The molecule has 1 aliphatic heterocycles. The van der Waals surface area contributed by atoms with Crippen LogP contribution in [0.15, 0.2) is 84.9 Å². The van der Waals surface area contributed by atoms with Crippen LogP contribution in [0.2, 0.25) is 0 Å². The SMILES string of the molecule is O=C(NC1CCN(C(=O)c2ccc(-c3ccccc3)cc2)CC1)c1ccccc1. The summed E-state index contributed by atoms with van der Waals surface area (Å²) >= 11 is 0. The van der Waals surface area contributed by atoms with E-state index >= 15 is 0 Å². The van der Waals surface area contributed by atoms with Crippen molar-refractivity contribution in [2.75, 3.05) is 13.1 Å². The van der Waals surface area contributed by atoms with Gasteiger partial charge in [0.2, 0.25) is 0 Å². The van der Waals surface area contributed by atoms with Gasteiger partial charge in [0.1, 0.15) is 0 Å². The number of carbonyl (C=O) groups excluding carboxylic acids is 2. The average molecular weight is 384 g/mol. The Bertz CT molecular complexity index is 961. The van der Waals surface area contributed by atoms with Crippen LogP contribution in [0.25, 0.3) is 11.1 Å². The van der Waals surface area contributed by atoms with Crippen molar-refractivity contribution in [1.29, 1.82) is 0 Å². The zero-order chi connectivity index (χ0) is 20.1. The first-order valence-corrected chi connectivity index (χ1v) is 10.0. The number of likely N-dealkylation sites (tertiary alicyclic amines) is 1. The van der Waals surface area contributed by atoms with E-state index in [0.717, 1.165) is 24.0 Å². The second-order valence-corrected chi connectivity index (χ2v) is 7.35. The molecular weight excluding hydrogens is 360 g/mol. The summed E-state index contributed by atoms with van der Waals surface area (Å²) in [5.41, 5.74) is 3.62. The number of rotatable bonds is 4. The lowest BCUT2D eigenvalue weighted by atomic mass is 10.0. The maximum Gasteiger partial charge on any atom is 0.253 e. The number of amides is 2. The second kappa shape index (κ2) is 8.74. The van der Waals surface area contributed by atoms with Crippen molar-refractivity contribution in [2.45, 2.75) is 18.9 Å². The molecule has 0 atom stereocenters. The van der Waals surface area contributed by atoms with Gasteiger partial charge in [-0.1, -0.05) is 60.7 Å². The summed E-state index contributed by atoms with van der Waals surface area (Å²) < 4.78 is 0. The zero-order valence-corrected chi connectivity index (χ0v) is 16.3. The maximum absolute atomic E-state index is 12.8. The molecule has 2 amide bonds. The van der Waals surface area contributed by atoms with Gasteiger partial charge >= 0.3 is 0 Å². The van der Waals surface area contributed by atoms with Gasteiger partial charge in [-0.25, -0.2) is 0 Å². The van der Waals surface area contributed by atoms with Gasteiger partial charge in [0, 0.05) is 30.3 Å². The molecule has 4 heteroatoms. The van der Waals surface area contributed by atoms with E-state index in [0.29, 0.717) is 24.2 Å². The molecular formula is C25H24N2O2. The van der Waals surface area contributed by atoms with E-state index in [4.69, 9.17) is 0 Å². The monoisotopic (exact) mass is 384 g/mol. The van der Waals surface area contributed by atoms with Crippen LogP contribution in [0.4, 0.5) is 0 Å². The molecule has 0 unspecified atom stereocenters. The quantitative estimate of drug-likeness (QED) is 0.725. The Labute approximate surface area is 171 Å². The normalized spacial score (nSPS) is 14.4. The predicted octanol–water partition coefficient (Wildman–Crippen LogP) is 4.39. The minimum atomic E-state index is -0.0492. The van der Waals surface area contributed by atoms with Gasteiger partial charge in [0.25, 0.3) is 11.8 Å². The number of hydrogen-bond donors (Lipinski definition) is 1. The van der Waals surface area contributed by atoms with Crippen molar-refractivity contribution >= 4 is 11.8 Å². The van der Waals surface area contributed by atoms with Gasteiger partial charge in [-0.2, -0.15) is 0 Å². The van der Waals surface area contributed by atoms with Crippen LogP contribution in [0.1, 0.15) is 33.6 Å². The van der Waals surface area contributed by atoms with Gasteiger partial charge in [-0.3, -0.25) is 9.59 Å². The molecule has 0 aromatic heterocycles. The largest absolute Gasteiger partial charge is 0.349 e. The van der Waals surface area contributed by atoms with E-state index in [2.05, 4.69) is 17.4 Å². The molecule has 3 aromatic rings. The summed E-state index contributed by atoms with van der Waals surface area (Å²) in [5, 5.41) is 3.08. The highest BCUT2D eigenvalue weighted by Crippen LogP contribution is 2.21. The smallest absolute Gasteiger partial charge is 0.253 e. The molecule has 1 saturated heterocycles. The van der Waals surface area contributed by atoms with Crippen LogP contribution in [0.3, 0.4) is 0 Å². The first kappa shape index (κ1) is 18.9. The molecule has 1 fully saturated rings. The number of benzene rings is 3. The Balaban J connectivity index is 1.32. The van der Waals surface area contributed by atoms with E-state index in [-0.39, 0.29) is 17.9 Å². The standard InChI is InChI=1S/C25H24N2O2/c28-24(21-9-5-2-6-10-21)26-23-15-17-27(18-16-23)25(29)22-13-11-20(12-14-22)19-7-3-1-4-8-19/h1-14,23H,15-18H2,(H,26,28). The summed E-state index contributed by atoms with van der Waals surface area (Å²) in [4.78, 5) is 27.0. The fourth-order valence-electron chi connectivity index (χ4n) is 3.70. The lowest BCUT2D eigenvalue weighted by Gasteiger charge is -2.32. The number of nitrogens with one attached hydrogen (secondary N) is 1. The highest BCUT2D eigenvalue weighted by molar-refractivity contribution is 5.95. The van der Waals surface area contributed by atoms with E-state index in [1.165, 1.54) is 0 Å². The van der Waals surface area contributed by atoms with Crippen LogP contribution in [-0.2, 0) is 0 Å². The predicted molar refractivity (Wildman–Crippen MR) is 115 cm³/mol. The first-order valence-electron chi connectivity index (χ1n) is 10.0. The average Bonchev–Trinajstić information content (AvgIpc) is 2.80. The first-order chi connectivity index (χ1) is 14.2. The molecule has 1 heterocycles. The Morgan fingerprint density at radius 1 is 0.690 bits per heavy atom. The summed E-state index contributed by atoms with van der Waals surface area (Å²) in [6.07, 6.45) is 1.54. The van der Waals surface area contributed by atoms with Gasteiger partial charge in [-0.15, -0.1) is 0 Å². The Morgan fingerprint density at radius 3 is 1.86 bits per heavy atom. The van der Waals surface area contributed by atoms with E-state index < -0.39 is 0 Å². The molecule has 1 N–H and O–H groups in total. The number of piperidine rings is 1. The van der Waals surface area contributed by atoms with Crippen molar-refractivity contribution in [3.63, 3.8) is 0 Å². The van der Waals surface area contributed by atoms with Crippen LogP contribution in [0.5, 0.6) is 0 Å². The fourth-order valence-corrected chi connectivity index (χ4v) is 3.70. The molecule has 0 bridgehead atoms. The fraction of sp³-hybridized carbons (Fsp3) is 0.200. The van der Waals surface area contributed by atoms with Gasteiger partial charge in [0.05, 0.1) is 0 Å². The van der Waals surface area contributed by atoms with Gasteiger partial charge < -0.3 is 10.2 Å². The molecule has 0 spiro atoms. The van der Waals surface area contributed by atoms with Crippen molar-refractivity contribution in [2.24, 2.45) is 0 Å². The summed E-state index contributed by atoms with van der Waals surface area (Å²) in [7, 11) is 0. The molecule has 4 rings (SSSR count). The second-order valence-electron chi connectivity index (χ2n) is 7.35. The van der Waals surface area contributed by atoms with Crippen molar-refractivity contribution in [1.82, 2.24) is 10.2 Å². The third kappa shape index (κ3) is 4.54. The molecule has 0 saturated carbocycles. The zero-order valence-electron chi connectivity index (χ0n) is 16.3. The minimum absolute atomic E-state index is 0.0492. The Hall–Kier alpha value is -3.40. The molecule has 1 aliphatic rings. The summed E-state index contributed by atoms with van der Waals surface area (Å²) in [6.45, 7) is 1.30. The van der Waals surface area contributed by atoms with Crippen LogP contribution in [-0.4, -0.2) is 35.8 Å². The number of nitrogens with zero attached hydrogens (tertiary/aromatic N) is 1. The van der Waals surface area contributed by atoms with Gasteiger partial charge in [-0.05, 0) is 48.2 Å². The van der Waals surface area contributed by atoms with Crippen molar-refractivity contribution in [3.8, 4) is 11.1 Å². The van der Waals surface area contributed by atoms with Gasteiger partial charge in [0.15, 0.2) is 0 Å². The third-order valence-corrected chi connectivity index (χ3v) is 5.39. The number of carbonyl (C=O) groups is 2. The Morgan fingerprint density at radius 2 is 1.24 bits per heavy atom. The van der Waals surface area contributed by atoms with Crippen molar-refractivity contribution < 1.29 is 9.59 Å². The summed E-state index contributed by atoms with van der Waals surface area (Å²) in [6, 6.07) is 27.3. The molecule has 4 nitrogen and oxygen atoms in total. The molecule has 146 valence electrons. The topological polar surface area (TPSA) is 49.4 Å². The molecule has 0 aliphatic carbocycles. The van der Waals surface area contributed by atoms with Crippen LogP contribution in [0, 0.1) is 0 Å². The lowest BCUT2D eigenvalue weighted by molar-refractivity contribution is 0.0698. The Kier molecular flexibility index (Phi) is 5.71. The molecule has 3 aromatic carbocycles. The van der Waals surface area contributed by atoms with E-state index in [1.54, 1.807) is 0 Å². The molecule has 0 radical (unpaired) electrons. The maximum atomic E-state index is 12.8. The van der Waals surface area contributed by atoms with Crippen molar-refractivity contribution in [3.05, 3.63) is 96.1 Å². The van der Waals surface area contributed by atoms with Crippen LogP contribution >= 0.6 is 0 Å². The third-order valence-electron chi connectivity index (χ3n) is 5.39. The van der Waals surface area contributed by atoms with Crippen LogP contribution < -0.4 is 5.32 Å². The summed E-state index contributed by atoms with van der Waals surface area (Å²) in [5.74, 6) is 0.00400. The lowest BCUT2D eigenvalue weighted by Crippen LogP contribution is -2.46.